The standard InChI is InChI=1S/C13H22N2O6/c1-4-8(2)10(11(16)17)14-13(19)15-5-6-21-9(7-15)12(18)20-3/h8-10H,4-7H2,1-3H3,(H,14,19)(H,16,17)/t8?,9?,10-/m0/s1. The van der Waals surface area contributed by atoms with Crippen molar-refractivity contribution in [3.63, 3.8) is 0 Å². The van der Waals surface area contributed by atoms with E-state index in [4.69, 9.17) is 9.84 Å². The molecular weight excluding hydrogens is 280 g/mol. The van der Waals surface area contributed by atoms with Crippen molar-refractivity contribution in [2.24, 2.45) is 5.92 Å². The SMILES string of the molecule is CCC(C)[C@H](NC(=O)N1CCOC(C(=O)OC)C1)C(=O)O. The number of urea groups is 1. The number of hydrogen-bond acceptors (Lipinski definition) is 5. The number of rotatable bonds is 5. The minimum atomic E-state index is -1.07. The Kier molecular flexibility index (Phi) is 6.41. The number of carboxylic acid groups (broad SMARTS) is 1. The number of methoxy groups -OCH3 is 1. The lowest BCUT2D eigenvalue weighted by molar-refractivity contribution is -0.158. The molecule has 1 aliphatic heterocycles. The molecule has 8 nitrogen and oxygen atoms in total. The van der Waals surface area contributed by atoms with Crippen LogP contribution in [0.3, 0.4) is 0 Å². The van der Waals surface area contributed by atoms with Crippen LogP contribution in [-0.4, -0.2) is 66.9 Å². The van der Waals surface area contributed by atoms with E-state index >= 15 is 0 Å². The van der Waals surface area contributed by atoms with Crippen LogP contribution >= 0.6 is 0 Å². The van der Waals surface area contributed by atoms with E-state index in [1.807, 2.05) is 6.92 Å². The highest BCUT2D eigenvalue weighted by Crippen LogP contribution is 2.11. The molecule has 1 saturated heterocycles. The number of carboxylic acids is 1. The van der Waals surface area contributed by atoms with Crippen LogP contribution in [0.5, 0.6) is 0 Å². The maximum Gasteiger partial charge on any atom is 0.336 e. The van der Waals surface area contributed by atoms with E-state index in [-0.39, 0.29) is 19.1 Å². The van der Waals surface area contributed by atoms with Crippen molar-refractivity contribution < 1.29 is 29.0 Å². The zero-order chi connectivity index (χ0) is 16.0. The predicted octanol–water partition coefficient (Wildman–Crippen LogP) is 0.0691. The first-order valence-corrected chi connectivity index (χ1v) is 6.88. The minimum Gasteiger partial charge on any atom is -0.480 e. The summed E-state index contributed by atoms with van der Waals surface area (Å²) < 4.78 is 9.80. The number of amides is 2. The van der Waals surface area contributed by atoms with Crippen LogP contribution in [0.25, 0.3) is 0 Å². The molecule has 0 aromatic carbocycles. The molecule has 0 spiro atoms. The fraction of sp³-hybridized carbons (Fsp3) is 0.769. The molecule has 120 valence electrons. The molecule has 1 rings (SSSR count). The summed E-state index contributed by atoms with van der Waals surface area (Å²) in [6.45, 7) is 4.16. The Labute approximate surface area is 123 Å². The Morgan fingerprint density at radius 3 is 2.67 bits per heavy atom. The summed E-state index contributed by atoms with van der Waals surface area (Å²) in [5.41, 5.74) is 0. The Morgan fingerprint density at radius 2 is 2.14 bits per heavy atom. The van der Waals surface area contributed by atoms with E-state index in [9.17, 15) is 14.4 Å². The molecule has 0 saturated carbocycles. The molecule has 2 unspecified atom stereocenters. The quantitative estimate of drug-likeness (QED) is 0.696. The number of esters is 1. The first-order chi connectivity index (χ1) is 9.90. The third kappa shape index (κ3) is 4.59. The fourth-order valence-corrected chi connectivity index (χ4v) is 2.02. The summed E-state index contributed by atoms with van der Waals surface area (Å²) >= 11 is 0. The van der Waals surface area contributed by atoms with Crippen molar-refractivity contribution in [1.29, 1.82) is 0 Å². The van der Waals surface area contributed by atoms with Gasteiger partial charge in [-0.1, -0.05) is 20.3 Å². The van der Waals surface area contributed by atoms with E-state index in [1.165, 1.54) is 12.0 Å². The molecule has 3 atom stereocenters. The molecule has 0 aromatic rings. The number of ether oxygens (including phenoxy) is 2. The molecule has 1 heterocycles. The number of aliphatic carboxylic acids is 1. The summed E-state index contributed by atoms with van der Waals surface area (Å²) in [6.07, 6.45) is -0.202. The summed E-state index contributed by atoms with van der Waals surface area (Å²) in [4.78, 5) is 36.1. The number of nitrogens with one attached hydrogen (secondary N) is 1. The first kappa shape index (κ1) is 17.2. The topological polar surface area (TPSA) is 105 Å². The average molecular weight is 302 g/mol. The van der Waals surface area contributed by atoms with Gasteiger partial charge in [-0.25, -0.2) is 14.4 Å². The van der Waals surface area contributed by atoms with Gasteiger partial charge in [0.1, 0.15) is 6.04 Å². The maximum atomic E-state index is 12.1. The van der Waals surface area contributed by atoms with Gasteiger partial charge in [-0.3, -0.25) is 0 Å². The van der Waals surface area contributed by atoms with Gasteiger partial charge in [-0.05, 0) is 5.92 Å². The van der Waals surface area contributed by atoms with E-state index in [0.717, 1.165) is 0 Å². The summed E-state index contributed by atoms with van der Waals surface area (Å²) in [5.74, 6) is -1.82. The number of nitrogens with zero attached hydrogens (tertiary/aromatic N) is 1. The van der Waals surface area contributed by atoms with Gasteiger partial charge in [0.2, 0.25) is 0 Å². The Bertz CT molecular complexity index is 400. The van der Waals surface area contributed by atoms with Crippen molar-refractivity contribution in [1.82, 2.24) is 10.2 Å². The van der Waals surface area contributed by atoms with Gasteiger partial charge in [0, 0.05) is 6.54 Å². The number of carbonyl (C=O) groups is 3. The zero-order valence-electron chi connectivity index (χ0n) is 12.5. The molecule has 2 N–H and O–H groups in total. The van der Waals surface area contributed by atoms with E-state index in [0.29, 0.717) is 13.0 Å². The Morgan fingerprint density at radius 1 is 1.48 bits per heavy atom. The van der Waals surface area contributed by atoms with Gasteiger partial charge in [0.15, 0.2) is 6.10 Å². The van der Waals surface area contributed by atoms with Gasteiger partial charge >= 0.3 is 18.0 Å². The third-order valence-electron chi connectivity index (χ3n) is 3.58. The lowest BCUT2D eigenvalue weighted by atomic mass is 9.99. The van der Waals surface area contributed by atoms with E-state index < -0.39 is 30.1 Å². The van der Waals surface area contributed by atoms with Crippen molar-refractivity contribution >= 4 is 18.0 Å². The lowest BCUT2D eigenvalue weighted by Crippen LogP contribution is -2.56. The Balaban J connectivity index is 2.65. The largest absolute Gasteiger partial charge is 0.480 e. The van der Waals surface area contributed by atoms with E-state index in [2.05, 4.69) is 10.1 Å². The van der Waals surface area contributed by atoms with Gasteiger partial charge in [0.25, 0.3) is 0 Å². The first-order valence-electron chi connectivity index (χ1n) is 6.88. The monoisotopic (exact) mass is 302 g/mol. The third-order valence-corrected chi connectivity index (χ3v) is 3.58. The zero-order valence-corrected chi connectivity index (χ0v) is 12.5. The van der Waals surface area contributed by atoms with Crippen LogP contribution in [0.2, 0.25) is 0 Å². The lowest BCUT2D eigenvalue weighted by Gasteiger charge is -2.33. The highest BCUT2D eigenvalue weighted by Gasteiger charge is 2.32. The molecular formula is C13H22N2O6. The highest BCUT2D eigenvalue weighted by atomic mass is 16.6. The van der Waals surface area contributed by atoms with Crippen molar-refractivity contribution in [3.05, 3.63) is 0 Å². The number of carbonyl (C=O) groups excluding carboxylic acids is 2. The summed E-state index contributed by atoms with van der Waals surface area (Å²) in [7, 11) is 1.24. The molecule has 0 aliphatic carbocycles. The molecule has 1 aliphatic rings. The second kappa shape index (κ2) is 7.82. The van der Waals surface area contributed by atoms with Crippen molar-refractivity contribution in [3.8, 4) is 0 Å². The summed E-state index contributed by atoms with van der Waals surface area (Å²) in [5, 5.41) is 11.7. The van der Waals surface area contributed by atoms with Crippen molar-refractivity contribution in [2.45, 2.75) is 32.4 Å². The average Bonchev–Trinajstić information content (AvgIpc) is 2.50. The van der Waals surface area contributed by atoms with Crippen LogP contribution in [0, 0.1) is 5.92 Å². The molecule has 21 heavy (non-hydrogen) atoms. The number of morpholine rings is 1. The van der Waals surface area contributed by atoms with Gasteiger partial charge < -0.3 is 24.8 Å². The smallest absolute Gasteiger partial charge is 0.336 e. The molecule has 8 heteroatoms. The molecule has 0 aromatic heterocycles. The van der Waals surface area contributed by atoms with Crippen molar-refractivity contribution in [2.75, 3.05) is 26.8 Å². The maximum absolute atomic E-state index is 12.1. The number of hydrogen-bond donors (Lipinski definition) is 2. The minimum absolute atomic E-state index is 0.0470. The van der Waals surface area contributed by atoms with Crippen LogP contribution < -0.4 is 5.32 Å². The molecule has 2 amide bonds. The van der Waals surface area contributed by atoms with Crippen LogP contribution in [0.1, 0.15) is 20.3 Å². The van der Waals surface area contributed by atoms with E-state index in [1.54, 1.807) is 6.92 Å². The second-order valence-electron chi connectivity index (χ2n) is 4.98. The molecule has 1 fully saturated rings. The fourth-order valence-electron chi connectivity index (χ4n) is 2.02. The van der Waals surface area contributed by atoms with Crippen LogP contribution in [0.4, 0.5) is 4.79 Å². The van der Waals surface area contributed by atoms with Gasteiger partial charge in [-0.2, -0.15) is 0 Å². The van der Waals surface area contributed by atoms with Gasteiger partial charge in [0.05, 0.1) is 20.3 Å². The normalized spacial score (nSPS) is 21.3. The highest BCUT2D eigenvalue weighted by molar-refractivity contribution is 5.83. The Hall–Kier alpha value is -1.83. The van der Waals surface area contributed by atoms with Crippen LogP contribution in [-0.2, 0) is 19.1 Å². The molecule has 0 bridgehead atoms. The van der Waals surface area contributed by atoms with Gasteiger partial charge in [-0.15, -0.1) is 0 Å². The van der Waals surface area contributed by atoms with Crippen LogP contribution in [0.15, 0.2) is 0 Å². The predicted molar refractivity (Wildman–Crippen MR) is 72.7 cm³/mol. The summed E-state index contributed by atoms with van der Waals surface area (Å²) in [6, 6.07) is -1.47. The molecule has 0 radical (unpaired) electrons. The second-order valence-corrected chi connectivity index (χ2v) is 4.98.